The Morgan fingerprint density at radius 3 is 2.71 bits per heavy atom. The van der Waals surface area contributed by atoms with Gasteiger partial charge in [-0.1, -0.05) is 42.5 Å². The molecule has 7 heteroatoms. The van der Waals surface area contributed by atoms with Gasteiger partial charge in [-0.05, 0) is 12.1 Å². The first-order valence-corrected chi connectivity index (χ1v) is 9.68. The highest BCUT2D eigenvalue weighted by Gasteiger charge is 2.10. The van der Waals surface area contributed by atoms with E-state index < -0.39 is 0 Å². The van der Waals surface area contributed by atoms with E-state index in [2.05, 4.69) is 9.97 Å². The number of carbonyl (C=O) groups excluding carboxylic acids is 1. The molecule has 2 heterocycles. The Balaban J connectivity index is 1.34. The number of hydrogen-bond donors (Lipinski definition) is 0. The molecule has 0 aliphatic heterocycles. The molecule has 0 amide bonds. The van der Waals surface area contributed by atoms with Crippen LogP contribution in [0.25, 0.3) is 21.5 Å². The van der Waals surface area contributed by atoms with E-state index in [1.165, 1.54) is 22.2 Å². The molecule has 0 N–H and O–H groups in total. The average Bonchev–Trinajstić information content (AvgIpc) is 3.22. The van der Waals surface area contributed by atoms with Gasteiger partial charge in [0.05, 0.1) is 29.3 Å². The number of esters is 1. The number of rotatable bonds is 6. The Bertz CT molecular complexity index is 1170. The molecule has 0 bridgehead atoms. The van der Waals surface area contributed by atoms with E-state index in [1.54, 1.807) is 18.2 Å². The fourth-order valence-corrected chi connectivity index (χ4v) is 3.60. The van der Waals surface area contributed by atoms with Crippen molar-refractivity contribution in [1.29, 1.82) is 0 Å². The van der Waals surface area contributed by atoms with Gasteiger partial charge in [0.15, 0.2) is 0 Å². The fraction of sp³-hybridized carbons (Fsp3) is 0.143. The molecule has 4 rings (SSSR count). The average molecular weight is 391 g/mol. The van der Waals surface area contributed by atoms with Crippen LogP contribution in [0.5, 0.6) is 0 Å². The summed E-state index contributed by atoms with van der Waals surface area (Å²) >= 11 is 1.51. The van der Waals surface area contributed by atoms with Crippen LogP contribution in [-0.2, 0) is 22.7 Å². The second-order valence-corrected chi connectivity index (χ2v) is 7.04. The van der Waals surface area contributed by atoms with E-state index in [0.717, 1.165) is 10.6 Å². The number of carbonyl (C=O) groups is 1. The number of aryl methyl sites for hydroxylation is 1. The van der Waals surface area contributed by atoms with Crippen LogP contribution in [0.2, 0.25) is 0 Å². The second kappa shape index (κ2) is 8.14. The van der Waals surface area contributed by atoms with Crippen molar-refractivity contribution in [3.63, 3.8) is 0 Å². The van der Waals surface area contributed by atoms with E-state index in [0.29, 0.717) is 16.6 Å². The molecule has 6 nitrogen and oxygen atoms in total. The van der Waals surface area contributed by atoms with Gasteiger partial charge in [0, 0.05) is 17.5 Å². The standard InChI is InChI=1S/C21H17N3O3S/c25-19(10-11-24-14-22-18-9-5-4-8-17(18)21(24)26)27-12-16-13-28-20(23-16)15-6-2-1-3-7-15/h1-9,13-14H,10-12H2. The second-order valence-electron chi connectivity index (χ2n) is 6.18. The highest BCUT2D eigenvalue weighted by molar-refractivity contribution is 7.13. The van der Waals surface area contributed by atoms with Crippen LogP contribution in [0.15, 0.2) is 71.1 Å². The van der Waals surface area contributed by atoms with Crippen molar-refractivity contribution >= 4 is 28.2 Å². The summed E-state index contributed by atoms with van der Waals surface area (Å²) in [4.78, 5) is 33.2. The minimum absolute atomic E-state index is 0.0929. The first-order chi connectivity index (χ1) is 13.7. The Morgan fingerprint density at radius 1 is 1.07 bits per heavy atom. The van der Waals surface area contributed by atoms with Crippen LogP contribution < -0.4 is 5.56 Å². The maximum absolute atomic E-state index is 12.4. The zero-order valence-electron chi connectivity index (χ0n) is 14.9. The van der Waals surface area contributed by atoms with Crippen LogP contribution >= 0.6 is 11.3 Å². The van der Waals surface area contributed by atoms with E-state index in [-0.39, 0.29) is 31.1 Å². The van der Waals surface area contributed by atoms with Crippen molar-refractivity contribution in [3.05, 3.63) is 82.4 Å². The predicted molar refractivity (Wildman–Crippen MR) is 108 cm³/mol. The molecule has 2 aromatic heterocycles. The number of nitrogens with zero attached hydrogens (tertiary/aromatic N) is 3. The highest BCUT2D eigenvalue weighted by atomic mass is 32.1. The number of thiazole rings is 1. The molecule has 0 saturated heterocycles. The lowest BCUT2D eigenvalue weighted by Crippen LogP contribution is -2.22. The summed E-state index contributed by atoms with van der Waals surface area (Å²) < 4.78 is 6.73. The number of benzene rings is 2. The predicted octanol–water partition coefficient (Wildman–Crippen LogP) is 3.65. The Morgan fingerprint density at radius 2 is 1.86 bits per heavy atom. The Kier molecular flexibility index (Phi) is 5.25. The molecular weight excluding hydrogens is 374 g/mol. The van der Waals surface area contributed by atoms with E-state index >= 15 is 0 Å². The lowest BCUT2D eigenvalue weighted by atomic mass is 10.2. The third-order valence-corrected chi connectivity index (χ3v) is 5.18. The van der Waals surface area contributed by atoms with Crippen LogP contribution in [-0.4, -0.2) is 20.5 Å². The van der Waals surface area contributed by atoms with E-state index in [1.807, 2.05) is 41.8 Å². The monoisotopic (exact) mass is 391 g/mol. The maximum atomic E-state index is 12.4. The zero-order chi connectivity index (χ0) is 19.3. The highest BCUT2D eigenvalue weighted by Crippen LogP contribution is 2.23. The van der Waals surface area contributed by atoms with Gasteiger partial charge >= 0.3 is 5.97 Å². The first-order valence-electron chi connectivity index (χ1n) is 8.80. The summed E-state index contributed by atoms with van der Waals surface area (Å²) in [7, 11) is 0. The van der Waals surface area contributed by atoms with Gasteiger partial charge in [0.1, 0.15) is 11.6 Å². The number of aromatic nitrogens is 3. The molecule has 28 heavy (non-hydrogen) atoms. The van der Waals surface area contributed by atoms with E-state index in [4.69, 9.17) is 4.74 Å². The molecule has 0 unspecified atom stereocenters. The summed E-state index contributed by atoms with van der Waals surface area (Å²) in [6, 6.07) is 17.0. The number of fused-ring (bicyclic) bond motifs is 1. The third kappa shape index (κ3) is 3.99. The zero-order valence-corrected chi connectivity index (χ0v) is 15.8. The van der Waals surface area contributed by atoms with Gasteiger partial charge in [-0.15, -0.1) is 11.3 Å². The summed E-state index contributed by atoms with van der Waals surface area (Å²) in [5.41, 5.74) is 2.23. The van der Waals surface area contributed by atoms with Crippen molar-refractivity contribution < 1.29 is 9.53 Å². The maximum Gasteiger partial charge on any atom is 0.307 e. The van der Waals surface area contributed by atoms with Crippen molar-refractivity contribution in [2.45, 2.75) is 19.6 Å². The topological polar surface area (TPSA) is 74.1 Å². The Labute approximate surface area is 165 Å². The van der Waals surface area contributed by atoms with Crippen molar-refractivity contribution in [2.24, 2.45) is 0 Å². The van der Waals surface area contributed by atoms with Crippen molar-refractivity contribution in [1.82, 2.24) is 14.5 Å². The molecule has 0 atom stereocenters. The number of hydrogen-bond acceptors (Lipinski definition) is 6. The number of ether oxygens (including phenoxy) is 1. The molecule has 4 aromatic rings. The summed E-state index contributed by atoms with van der Waals surface area (Å²) in [5, 5.41) is 3.31. The minimum Gasteiger partial charge on any atom is -0.459 e. The normalized spacial score (nSPS) is 10.9. The summed E-state index contributed by atoms with van der Waals surface area (Å²) in [6.45, 7) is 0.342. The lowest BCUT2D eigenvalue weighted by Gasteiger charge is -2.06. The van der Waals surface area contributed by atoms with Crippen molar-refractivity contribution in [2.75, 3.05) is 0 Å². The molecule has 0 aliphatic carbocycles. The fourth-order valence-electron chi connectivity index (χ4n) is 2.79. The molecule has 0 radical (unpaired) electrons. The van der Waals surface area contributed by atoms with Gasteiger partial charge in [-0.3, -0.25) is 14.2 Å². The van der Waals surface area contributed by atoms with Crippen molar-refractivity contribution in [3.8, 4) is 10.6 Å². The summed E-state index contributed by atoms with van der Waals surface area (Å²) in [6.07, 6.45) is 1.56. The molecule has 0 saturated carbocycles. The van der Waals surface area contributed by atoms with Crippen LogP contribution in [0.4, 0.5) is 0 Å². The molecule has 0 aliphatic rings. The van der Waals surface area contributed by atoms with Gasteiger partial charge in [-0.25, -0.2) is 9.97 Å². The first kappa shape index (κ1) is 18.1. The number of para-hydroxylation sites is 1. The van der Waals surface area contributed by atoms with Gasteiger partial charge < -0.3 is 4.74 Å². The van der Waals surface area contributed by atoms with Gasteiger partial charge in [0.2, 0.25) is 0 Å². The molecule has 0 fully saturated rings. The molecule has 140 valence electrons. The van der Waals surface area contributed by atoms with Gasteiger partial charge in [0.25, 0.3) is 5.56 Å². The summed E-state index contributed by atoms with van der Waals surface area (Å²) in [5.74, 6) is -0.380. The minimum atomic E-state index is -0.380. The van der Waals surface area contributed by atoms with Gasteiger partial charge in [-0.2, -0.15) is 0 Å². The Hall–Kier alpha value is -3.32. The van der Waals surface area contributed by atoms with E-state index in [9.17, 15) is 9.59 Å². The molecular formula is C21H17N3O3S. The van der Waals surface area contributed by atoms with Crippen LogP contribution in [0.3, 0.4) is 0 Å². The lowest BCUT2D eigenvalue weighted by molar-refractivity contribution is -0.145. The SMILES string of the molecule is O=C(CCn1cnc2ccccc2c1=O)OCc1csc(-c2ccccc2)n1. The van der Waals surface area contributed by atoms with Crippen LogP contribution in [0.1, 0.15) is 12.1 Å². The quantitative estimate of drug-likeness (QED) is 0.469. The largest absolute Gasteiger partial charge is 0.459 e. The van der Waals surface area contributed by atoms with Crippen LogP contribution in [0, 0.1) is 0 Å². The molecule has 2 aromatic carbocycles. The smallest absolute Gasteiger partial charge is 0.307 e. The third-order valence-electron chi connectivity index (χ3n) is 4.24. The molecule has 0 spiro atoms.